The van der Waals surface area contributed by atoms with Gasteiger partial charge >= 0.3 is 5.97 Å². The van der Waals surface area contributed by atoms with Crippen LogP contribution in [0.3, 0.4) is 0 Å². The van der Waals surface area contributed by atoms with Gasteiger partial charge in [0.1, 0.15) is 5.69 Å². The standard InChI is InChI=1S/C8H6F2INO3/c1-15-8(14)3-2-4(13)5(11)6(12-3)7(9)10/h2,7H,1H3,(H,12,13). The first-order chi connectivity index (χ1) is 6.97. The summed E-state index contributed by atoms with van der Waals surface area (Å²) >= 11 is 1.50. The molecule has 0 aliphatic heterocycles. The zero-order chi connectivity index (χ0) is 11.6. The molecule has 0 unspecified atom stereocenters. The van der Waals surface area contributed by atoms with Crippen molar-refractivity contribution in [3.05, 3.63) is 31.2 Å². The number of alkyl halides is 2. The molecule has 1 aromatic heterocycles. The number of H-pyrrole nitrogens is 1. The van der Waals surface area contributed by atoms with Crippen LogP contribution >= 0.6 is 22.6 Å². The third-order valence-corrected chi connectivity index (χ3v) is 2.73. The molecule has 15 heavy (non-hydrogen) atoms. The molecular weight excluding hydrogens is 323 g/mol. The van der Waals surface area contributed by atoms with Crippen LogP contribution < -0.4 is 5.43 Å². The van der Waals surface area contributed by atoms with Crippen LogP contribution in [0, 0.1) is 3.57 Å². The number of halogens is 3. The Hall–Kier alpha value is -0.990. The molecule has 0 amide bonds. The van der Waals surface area contributed by atoms with E-state index in [4.69, 9.17) is 0 Å². The molecule has 0 aromatic carbocycles. The summed E-state index contributed by atoms with van der Waals surface area (Å²) in [6.45, 7) is 0. The van der Waals surface area contributed by atoms with Crippen molar-refractivity contribution < 1.29 is 18.3 Å². The Morgan fingerprint density at radius 2 is 2.20 bits per heavy atom. The van der Waals surface area contributed by atoms with Crippen LogP contribution in [0.1, 0.15) is 22.6 Å². The lowest BCUT2D eigenvalue weighted by atomic mass is 10.3. The molecule has 0 bridgehead atoms. The van der Waals surface area contributed by atoms with Gasteiger partial charge in [-0.1, -0.05) is 0 Å². The first-order valence-corrected chi connectivity index (χ1v) is 4.84. The van der Waals surface area contributed by atoms with E-state index in [1.54, 1.807) is 0 Å². The fourth-order valence-corrected chi connectivity index (χ4v) is 1.46. The summed E-state index contributed by atoms with van der Waals surface area (Å²) in [6.07, 6.45) is -2.84. The van der Waals surface area contributed by atoms with E-state index in [-0.39, 0.29) is 9.26 Å². The van der Waals surface area contributed by atoms with Gasteiger partial charge in [-0.05, 0) is 22.6 Å². The number of hydrogen-bond donors (Lipinski definition) is 1. The van der Waals surface area contributed by atoms with Gasteiger partial charge in [-0.15, -0.1) is 0 Å². The minimum absolute atomic E-state index is 0.129. The van der Waals surface area contributed by atoms with Gasteiger partial charge in [-0.3, -0.25) is 4.79 Å². The summed E-state index contributed by atoms with van der Waals surface area (Å²) in [7, 11) is 1.10. The first kappa shape index (κ1) is 12.1. The third-order valence-electron chi connectivity index (χ3n) is 1.62. The van der Waals surface area contributed by atoms with E-state index in [1.165, 1.54) is 22.6 Å². The van der Waals surface area contributed by atoms with Gasteiger partial charge in [0, 0.05) is 6.07 Å². The van der Waals surface area contributed by atoms with Gasteiger partial charge in [-0.25, -0.2) is 13.6 Å². The second kappa shape index (κ2) is 4.69. The van der Waals surface area contributed by atoms with E-state index in [1.807, 2.05) is 0 Å². The SMILES string of the molecule is COC(=O)c1cc(=O)c(I)c(C(F)F)[nH]1. The number of aromatic nitrogens is 1. The lowest BCUT2D eigenvalue weighted by molar-refractivity contribution is 0.0592. The van der Waals surface area contributed by atoms with Gasteiger partial charge < -0.3 is 9.72 Å². The average molecular weight is 329 g/mol. The van der Waals surface area contributed by atoms with Gasteiger partial charge in [0.25, 0.3) is 6.43 Å². The number of esters is 1. The topological polar surface area (TPSA) is 59.2 Å². The minimum Gasteiger partial charge on any atom is -0.464 e. The molecule has 0 spiro atoms. The fraction of sp³-hybridized carbons (Fsp3) is 0.250. The summed E-state index contributed by atoms with van der Waals surface area (Å²) in [5, 5.41) is 0. The van der Waals surface area contributed by atoms with Crippen LogP contribution in [0.2, 0.25) is 0 Å². The fourth-order valence-electron chi connectivity index (χ4n) is 0.933. The van der Waals surface area contributed by atoms with E-state index in [9.17, 15) is 18.4 Å². The van der Waals surface area contributed by atoms with E-state index in [0.717, 1.165) is 13.2 Å². The number of aromatic amines is 1. The van der Waals surface area contributed by atoms with Crippen molar-refractivity contribution in [1.29, 1.82) is 0 Å². The number of rotatable bonds is 2. The van der Waals surface area contributed by atoms with Crippen LogP contribution in [-0.2, 0) is 4.74 Å². The summed E-state index contributed by atoms with van der Waals surface area (Å²) < 4.78 is 29.0. The molecule has 82 valence electrons. The Morgan fingerprint density at radius 1 is 1.60 bits per heavy atom. The monoisotopic (exact) mass is 329 g/mol. The first-order valence-electron chi connectivity index (χ1n) is 3.76. The van der Waals surface area contributed by atoms with Crippen LogP contribution in [-0.4, -0.2) is 18.1 Å². The summed E-state index contributed by atoms with van der Waals surface area (Å²) in [6, 6.07) is 0.930. The highest BCUT2D eigenvalue weighted by Gasteiger charge is 2.18. The highest BCUT2D eigenvalue weighted by Crippen LogP contribution is 2.20. The molecule has 7 heteroatoms. The largest absolute Gasteiger partial charge is 0.464 e. The highest BCUT2D eigenvalue weighted by atomic mass is 127. The van der Waals surface area contributed by atoms with Crippen LogP contribution in [0.15, 0.2) is 10.9 Å². The zero-order valence-corrected chi connectivity index (χ0v) is 9.67. The number of hydrogen-bond acceptors (Lipinski definition) is 3. The van der Waals surface area contributed by atoms with Gasteiger partial charge in [0.05, 0.1) is 16.4 Å². The number of pyridine rings is 1. The number of carbonyl (C=O) groups excluding carboxylic acids is 1. The molecule has 1 rings (SSSR count). The van der Waals surface area contributed by atoms with E-state index in [2.05, 4.69) is 9.72 Å². The molecule has 1 N–H and O–H groups in total. The number of ether oxygens (including phenoxy) is 1. The van der Waals surface area contributed by atoms with Gasteiger partial charge in [-0.2, -0.15) is 0 Å². The molecule has 1 aromatic rings. The molecular formula is C8H6F2INO3. The Kier molecular flexibility index (Phi) is 3.77. The maximum atomic E-state index is 12.4. The average Bonchev–Trinajstić information content (AvgIpc) is 2.20. The summed E-state index contributed by atoms with van der Waals surface area (Å²) in [5.41, 5.74) is -1.48. The van der Waals surface area contributed by atoms with Crippen LogP contribution in [0.5, 0.6) is 0 Å². The molecule has 0 fully saturated rings. The smallest absolute Gasteiger partial charge is 0.354 e. The maximum absolute atomic E-state index is 12.4. The predicted octanol–water partition coefficient (Wildman–Crippen LogP) is 1.70. The lowest BCUT2D eigenvalue weighted by Gasteiger charge is -2.05. The normalized spacial score (nSPS) is 10.5. The van der Waals surface area contributed by atoms with Crippen LogP contribution in [0.4, 0.5) is 8.78 Å². The molecule has 1 heterocycles. The van der Waals surface area contributed by atoms with Gasteiger partial charge in [0.2, 0.25) is 0 Å². The Balaban J connectivity index is 3.36. The quantitative estimate of drug-likeness (QED) is 0.664. The van der Waals surface area contributed by atoms with E-state index in [0.29, 0.717) is 0 Å². The summed E-state index contributed by atoms with van der Waals surface area (Å²) in [5.74, 6) is -0.856. The maximum Gasteiger partial charge on any atom is 0.354 e. The van der Waals surface area contributed by atoms with Crippen molar-refractivity contribution in [2.24, 2.45) is 0 Å². The number of carbonyl (C=O) groups is 1. The molecule has 0 atom stereocenters. The molecule has 0 saturated heterocycles. The highest BCUT2D eigenvalue weighted by molar-refractivity contribution is 14.1. The molecule has 0 saturated carbocycles. The predicted molar refractivity (Wildman–Crippen MR) is 56.1 cm³/mol. The third kappa shape index (κ3) is 2.52. The van der Waals surface area contributed by atoms with Gasteiger partial charge in [0.15, 0.2) is 5.43 Å². The van der Waals surface area contributed by atoms with Crippen molar-refractivity contribution in [3.63, 3.8) is 0 Å². The van der Waals surface area contributed by atoms with Crippen molar-refractivity contribution >= 4 is 28.6 Å². The second-order valence-corrected chi connectivity index (χ2v) is 3.65. The lowest BCUT2D eigenvalue weighted by Crippen LogP contribution is -2.16. The molecule has 0 radical (unpaired) electrons. The molecule has 0 aliphatic rings. The van der Waals surface area contributed by atoms with E-state index >= 15 is 0 Å². The zero-order valence-electron chi connectivity index (χ0n) is 7.51. The minimum atomic E-state index is -2.84. The van der Waals surface area contributed by atoms with Crippen molar-refractivity contribution in [2.75, 3.05) is 7.11 Å². The molecule has 0 aliphatic carbocycles. The Bertz CT molecular complexity index is 444. The van der Waals surface area contributed by atoms with Crippen LogP contribution in [0.25, 0.3) is 0 Å². The summed E-state index contributed by atoms with van der Waals surface area (Å²) in [4.78, 5) is 24.4. The van der Waals surface area contributed by atoms with Crippen molar-refractivity contribution in [2.45, 2.75) is 6.43 Å². The Morgan fingerprint density at radius 3 is 2.67 bits per heavy atom. The van der Waals surface area contributed by atoms with Crippen molar-refractivity contribution in [1.82, 2.24) is 4.98 Å². The number of methoxy groups -OCH3 is 1. The second-order valence-electron chi connectivity index (χ2n) is 2.57. The number of nitrogens with one attached hydrogen (secondary N) is 1. The van der Waals surface area contributed by atoms with Crippen molar-refractivity contribution in [3.8, 4) is 0 Å². The van der Waals surface area contributed by atoms with E-state index < -0.39 is 23.5 Å². The Labute approximate surface area is 96.8 Å². The molecule has 4 nitrogen and oxygen atoms in total.